The fourth-order valence-corrected chi connectivity index (χ4v) is 3.01. The highest BCUT2D eigenvalue weighted by atomic mass is 16.5. The van der Waals surface area contributed by atoms with Crippen molar-refractivity contribution in [1.29, 1.82) is 0 Å². The predicted octanol–water partition coefficient (Wildman–Crippen LogP) is 2.80. The molecule has 1 N–H and O–H groups in total. The van der Waals surface area contributed by atoms with E-state index in [0.717, 1.165) is 28.3 Å². The Bertz CT molecular complexity index is 1160. The molecule has 0 fully saturated rings. The van der Waals surface area contributed by atoms with Gasteiger partial charge in [-0.2, -0.15) is 4.68 Å². The summed E-state index contributed by atoms with van der Waals surface area (Å²) in [6.45, 7) is 3.73. The Kier molecular flexibility index (Phi) is 3.76. The molecule has 0 saturated heterocycles. The maximum Gasteiger partial charge on any atom is 0.284 e. The molecule has 130 valence electrons. The van der Waals surface area contributed by atoms with Crippen molar-refractivity contribution in [3.05, 3.63) is 64.3 Å². The van der Waals surface area contributed by atoms with Gasteiger partial charge in [-0.05, 0) is 49.2 Å². The molecule has 0 aliphatic rings. The zero-order valence-electron chi connectivity index (χ0n) is 14.6. The lowest BCUT2D eigenvalue weighted by molar-refractivity contribution is 0.415. The molecule has 0 aliphatic heterocycles. The van der Waals surface area contributed by atoms with E-state index < -0.39 is 0 Å². The molecule has 1 aromatic carbocycles. The van der Waals surface area contributed by atoms with Crippen LogP contribution in [-0.4, -0.2) is 31.8 Å². The van der Waals surface area contributed by atoms with Crippen LogP contribution in [0.3, 0.4) is 0 Å². The van der Waals surface area contributed by atoms with E-state index in [4.69, 9.17) is 4.74 Å². The summed E-state index contributed by atoms with van der Waals surface area (Å²) in [5, 5.41) is 3.50. The maximum absolute atomic E-state index is 13.1. The minimum Gasteiger partial charge on any atom is -0.497 e. The molecule has 3 aromatic heterocycles. The number of H-pyrrole nitrogens is 1. The third kappa shape index (κ3) is 2.63. The van der Waals surface area contributed by atoms with E-state index in [2.05, 4.69) is 20.1 Å². The van der Waals surface area contributed by atoms with Gasteiger partial charge in [-0.25, -0.2) is 15.0 Å². The van der Waals surface area contributed by atoms with Crippen LogP contribution in [0.1, 0.15) is 11.4 Å². The number of benzene rings is 1. The molecular weight excluding hydrogens is 330 g/mol. The smallest absolute Gasteiger partial charge is 0.284 e. The molecule has 4 aromatic rings. The van der Waals surface area contributed by atoms with Crippen LogP contribution in [0.25, 0.3) is 28.1 Å². The summed E-state index contributed by atoms with van der Waals surface area (Å²) in [6, 6.07) is 11.2. The van der Waals surface area contributed by atoms with Crippen molar-refractivity contribution in [3.8, 4) is 22.8 Å². The number of methoxy groups -OCH3 is 1. The summed E-state index contributed by atoms with van der Waals surface area (Å²) in [4.78, 5) is 26.1. The Hall–Kier alpha value is -3.48. The number of hydrogen-bond donors (Lipinski definition) is 1. The standard InChI is InChI=1S/C19H17N5O2/c1-11-9-12(2)22-19(21-11)24-18(25)16-15(7-8-20-17(16)23-24)13-5-4-6-14(10-13)26-3/h4-10H,1-3H3,(H,20,23). The van der Waals surface area contributed by atoms with E-state index in [9.17, 15) is 4.79 Å². The first-order chi connectivity index (χ1) is 12.6. The van der Waals surface area contributed by atoms with Gasteiger partial charge in [0.05, 0.1) is 12.5 Å². The van der Waals surface area contributed by atoms with Gasteiger partial charge in [-0.3, -0.25) is 9.89 Å². The van der Waals surface area contributed by atoms with Crippen molar-refractivity contribution < 1.29 is 4.74 Å². The molecule has 7 nitrogen and oxygen atoms in total. The first-order valence-corrected chi connectivity index (χ1v) is 8.13. The van der Waals surface area contributed by atoms with Gasteiger partial charge in [-0.1, -0.05) is 12.1 Å². The Labute approximate surface area is 149 Å². The Morgan fingerprint density at radius 2 is 1.85 bits per heavy atom. The molecule has 0 aliphatic carbocycles. The van der Waals surface area contributed by atoms with E-state index in [0.29, 0.717) is 17.0 Å². The van der Waals surface area contributed by atoms with Crippen LogP contribution in [0.2, 0.25) is 0 Å². The fraction of sp³-hybridized carbons (Fsp3) is 0.158. The number of fused-ring (bicyclic) bond motifs is 1. The van der Waals surface area contributed by atoms with Gasteiger partial charge in [-0.15, -0.1) is 0 Å². The van der Waals surface area contributed by atoms with Crippen molar-refractivity contribution >= 4 is 11.0 Å². The lowest BCUT2D eigenvalue weighted by Gasteiger charge is -2.05. The molecule has 7 heteroatoms. The molecule has 3 heterocycles. The number of ether oxygens (including phenoxy) is 1. The summed E-state index contributed by atoms with van der Waals surface area (Å²) in [5.41, 5.74) is 3.48. The van der Waals surface area contributed by atoms with Crippen LogP contribution in [0, 0.1) is 13.8 Å². The van der Waals surface area contributed by atoms with Crippen LogP contribution in [0.5, 0.6) is 5.75 Å². The molecule has 4 rings (SSSR count). The van der Waals surface area contributed by atoms with Crippen LogP contribution in [-0.2, 0) is 0 Å². The monoisotopic (exact) mass is 347 g/mol. The highest BCUT2D eigenvalue weighted by Crippen LogP contribution is 2.27. The van der Waals surface area contributed by atoms with Gasteiger partial charge in [0.1, 0.15) is 5.75 Å². The molecule has 0 radical (unpaired) electrons. The van der Waals surface area contributed by atoms with E-state index in [1.54, 1.807) is 13.3 Å². The Balaban J connectivity index is 1.98. The van der Waals surface area contributed by atoms with Gasteiger partial charge in [0, 0.05) is 17.6 Å². The highest BCUT2D eigenvalue weighted by molar-refractivity contribution is 5.92. The second-order valence-electron chi connectivity index (χ2n) is 6.02. The van der Waals surface area contributed by atoms with Gasteiger partial charge in [0.15, 0.2) is 5.65 Å². The molecule has 0 unspecified atom stereocenters. The Morgan fingerprint density at radius 1 is 1.08 bits per heavy atom. The maximum atomic E-state index is 13.1. The summed E-state index contributed by atoms with van der Waals surface area (Å²) in [7, 11) is 1.61. The normalized spacial score (nSPS) is 11.0. The molecule has 0 saturated carbocycles. The molecule has 26 heavy (non-hydrogen) atoms. The van der Waals surface area contributed by atoms with Gasteiger partial charge in [0.25, 0.3) is 11.5 Å². The van der Waals surface area contributed by atoms with Gasteiger partial charge < -0.3 is 4.74 Å². The SMILES string of the molecule is COc1cccc(-c2ccnc3[nH]n(-c4nc(C)cc(C)n4)c(=O)c23)c1. The van der Waals surface area contributed by atoms with E-state index in [-0.39, 0.29) is 5.56 Å². The van der Waals surface area contributed by atoms with Crippen LogP contribution in [0.4, 0.5) is 0 Å². The van der Waals surface area contributed by atoms with Crippen molar-refractivity contribution in [1.82, 2.24) is 24.7 Å². The van der Waals surface area contributed by atoms with Gasteiger partial charge in [0.2, 0.25) is 0 Å². The number of aryl methyl sites for hydroxylation is 2. The molecule has 0 atom stereocenters. The van der Waals surface area contributed by atoms with E-state index in [1.807, 2.05) is 50.2 Å². The summed E-state index contributed by atoms with van der Waals surface area (Å²) >= 11 is 0. The first kappa shape index (κ1) is 16.0. The van der Waals surface area contributed by atoms with Crippen LogP contribution < -0.4 is 10.3 Å². The lowest BCUT2D eigenvalue weighted by Crippen LogP contribution is -2.18. The van der Waals surface area contributed by atoms with Crippen molar-refractivity contribution in [3.63, 3.8) is 0 Å². The Morgan fingerprint density at radius 3 is 2.58 bits per heavy atom. The fourth-order valence-electron chi connectivity index (χ4n) is 3.01. The number of pyridine rings is 1. The largest absolute Gasteiger partial charge is 0.497 e. The highest BCUT2D eigenvalue weighted by Gasteiger charge is 2.16. The van der Waals surface area contributed by atoms with Gasteiger partial charge >= 0.3 is 0 Å². The second kappa shape index (κ2) is 6.11. The van der Waals surface area contributed by atoms with Crippen molar-refractivity contribution in [2.24, 2.45) is 0 Å². The van der Waals surface area contributed by atoms with E-state index in [1.165, 1.54) is 4.68 Å². The number of nitrogens with zero attached hydrogens (tertiary/aromatic N) is 4. The van der Waals surface area contributed by atoms with E-state index >= 15 is 0 Å². The van der Waals surface area contributed by atoms with Crippen LogP contribution in [0.15, 0.2) is 47.4 Å². The topological polar surface area (TPSA) is 85.7 Å². The summed E-state index contributed by atoms with van der Waals surface area (Å²) < 4.78 is 6.63. The van der Waals surface area contributed by atoms with Crippen LogP contribution >= 0.6 is 0 Å². The zero-order valence-corrected chi connectivity index (χ0v) is 14.6. The van der Waals surface area contributed by atoms with Crippen molar-refractivity contribution in [2.75, 3.05) is 7.11 Å². The summed E-state index contributed by atoms with van der Waals surface area (Å²) in [6.07, 6.45) is 1.67. The predicted molar refractivity (Wildman–Crippen MR) is 98.7 cm³/mol. The molecule has 0 amide bonds. The third-order valence-electron chi connectivity index (χ3n) is 4.14. The number of rotatable bonds is 3. The number of nitrogens with one attached hydrogen (secondary N) is 1. The zero-order chi connectivity index (χ0) is 18.3. The molecule has 0 bridgehead atoms. The first-order valence-electron chi connectivity index (χ1n) is 8.13. The summed E-state index contributed by atoms with van der Waals surface area (Å²) in [5.74, 6) is 1.03. The average molecular weight is 347 g/mol. The second-order valence-corrected chi connectivity index (χ2v) is 6.02. The lowest BCUT2D eigenvalue weighted by atomic mass is 10.0. The molecule has 0 spiro atoms. The number of aromatic amines is 1. The quantitative estimate of drug-likeness (QED) is 0.616. The number of hydrogen-bond acceptors (Lipinski definition) is 5. The molecular formula is C19H17N5O2. The minimum atomic E-state index is -0.240. The minimum absolute atomic E-state index is 0.240. The number of aromatic nitrogens is 5. The average Bonchev–Trinajstić information content (AvgIpc) is 2.98. The third-order valence-corrected chi connectivity index (χ3v) is 4.14. The van der Waals surface area contributed by atoms with Crippen molar-refractivity contribution in [2.45, 2.75) is 13.8 Å².